The summed E-state index contributed by atoms with van der Waals surface area (Å²) in [7, 11) is 0. The first-order valence-corrected chi connectivity index (χ1v) is 9.23. The number of hydrogen-bond acceptors (Lipinski definition) is 4. The van der Waals surface area contributed by atoms with Gasteiger partial charge in [-0.25, -0.2) is 4.79 Å². The second-order valence-electron chi connectivity index (χ2n) is 7.02. The number of carbonyl (C=O) groups excluding carboxylic acids is 1. The van der Waals surface area contributed by atoms with Gasteiger partial charge >= 0.3 is 6.03 Å². The summed E-state index contributed by atoms with van der Waals surface area (Å²) >= 11 is 0. The number of carbonyl (C=O) groups is 1. The molecule has 0 aromatic heterocycles. The lowest BCUT2D eigenvalue weighted by Crippen LogP contribution is -2.45. The second-order valence-corrected chi connectivity index (χ2v) is 7.02. The van der Waals surface area contributed by atoms with Gasteiger partial charge in [0, 0.05) is 32.5 Å². The molecule has 136 valence electrons. The minimum atomic E-state index is -0.488. The molecule has 0 unspecified atom stereocenters. The lowest BCUT2D eigenvalue weighted by atomic mass is 10.0. The monoisotopic (exact) mass is 346 g/mol. The molecule has 2 saturated heterocycles. The maximum atomic E-state index is 12.5. The lowest BCUT2D eigenvalue weighted by Gasteiger charge is -2.31. The van der Waals surface area contributed by atoms with Gasteiger partial charge in [0.05, 0.1) is 19.8 Å². The van der Waals surface area contributed by atoms with Gasteiger partial charge in [0.1, 0.15) is 6.10 Å². The van der Waals surface area contributed by atoms with Crippen molar-refractivity contribution in [3.8, 4) is 0 Å². The van der Waals surface area contributed by atoms with E-state index in [1.807, 2.05) is 4.90 Å². The molecule has 2 amide bonds. The summed E-state index contributed by atoms with van der Waals surface area (Å²) in [4.78, 5) is 14.4. The number of nitrogens with one attached hydrogen (secondary N) is 1. The molecule has 0 radical (unpaired) electrons. The summed E-state index contributed by atoms with van der Waals surface area (Å²) in [5.74, 6) is -0.488. The highest BCUT2D eigenvalue weighted by atomic mass is 16.7. The fourth-order valence-corrected chi connectivity index (χ4v) is 3.85. The molecule has 0 saturated carbocycles. The number of benzene rings is 1. The Morgan fingerprint density at radius 2 is 1.84 bits per heavy atom. The van der Waals surface area contributed by atoms with Crippen molar-refractivity contribution >= 4 is 6.03 Å². The van der Waals surface area contributed by atoms with Crippen LogP contribution in [0, 0.1) is 0 Å². The van der Waals surface area contributed by atoms with Crippen LogP contribution in [0.25, 0.3) is 0 Å². The number of fused-ring (bicyclic) bond motifs is 1. The first kappa shape index (κ1) is 16.8. The van der Waals surface area contributed by atoms with Crippen molar-refractivity contribution in [3.63, 3.8) is 0 Å². The molecule has 2 fully saturated rings. The summed E-state index contributed by atoms with van der Waals surface area (Å²) in [5, 5.41) is 3.02. The number of rotatable bonds is 2. The number of urea groups is 1. The minimum absolute atomic E-state index is 0.00988. The minimum Gasteiger partial charge on any atom is -0.381 e. The van der Waals surface area contributed by atoms with Crippen molar-refractivity contribution in [1.29, 1.82) is 0 Å². The fraction of sp³-hybridized carbons (Fsp3) is 0.632. The number of hydrogen-bond donors (Lipinski definition) is 1. The predicted octanol–water partition coefficient (Wildman–Crippen LogP) is 1.72. The van der Waals surface area contributed by atoms with Crippen LogP contribution in [0.1, 0.15) is 24.0 Å². The van der Waals surface area contributed by atoms with Crippen molar-refractivity contribution in [2.75, 3.05) is 39.5 Å². The standard InChI is InChI=1S/C19H26N2O4/c22-18(21-9-5-15-3-1-2-4-16(15)6-10-21)20-13-17-14-24-19(25-17)7-11-23-12-8-19/h1-4,17H,5-14H2,(H,20,22)/t17-/m0/s1. The van der Waals surface area contributed by atoms with Crippen LogP contribution in [-0.2, 0) is 27.1 Å². The lowest BCUT2D eigenvalue weighted by molar-refractivity contribution is -0.210. The van der Waals surface area contributed by atoms with Crippen LogP contribution in [0.4, 0.5) is 4.79 Å². The predicted molar refractivity (Wildman–Crippen MR) is 92.4 cm³/mol. The average molecular weight is 346 g/mol. The van der Waals surface area contributed by atoms with Crippen LogP contribution >= 0.6 is 0 Å². The molecule has 0 bridgehead atoms. The van der Waals surface area contributed by atoms with Crippen molar-refractivity contribution in [3.05, 3.63) is 35.4 Å². The summed E-state index contributed by atoms with van der Waals surface area (Å²) in [6, 6.07) is 8.45. The molecule has 1 atom stereocenters. The summed E-state index contributed by atoms with van der Waals surface area (Å²) < 4.78 is 17.3. The van der Waals surface area contributed by atoms with Crippen LogP contribution in [0.5, 0.6) is 0 Å². The molecular weight excluding hydrogens is 320 g/mol. The first-order valence-electron chi connectivity index (χ1n) is 9.23. The van der Waals surface area contributed by atoms with Gasteiger partial charge in [-0.2, -0.15) is 0 Å². The maximum absolute atomic E-state index is 12.5. The molecule has 1 N–H and O–H groups in total. The van der Waals surface area contributed by atoms with Gasteiger partial charge in [-0.05, 0) is 24.0 Å². The molecule has 3 aliphatic heterocycles. The Morgan fingerprint density at radius 1 is 1.16 bits per heavy atom. The molecule has 3 heterocycles. The van der Waals surface area contributed by atoms with Crippen LogP contribution in [0.2, 0.25) is 0 Å². The highest BCUT2D eigenvalue weighted by Crippen LogP contribution is 2.32. The summed E-state index contributed by atoms with van der Waals surface area (Å²) in [6.07, 6.45) is 3.28. The highest BCUT2D eigenvalue weighted by Gasteiger charge is 2.42. The Kier molecular flexibility index (Phi) is 4.92. The van der Waals surface area contributed by atoms with Crippen molar-refractivity contribution < 1.29 is 19.0 Å². The summed E-state index contributed by atoms with van der Waals surface area (Å²) in [6.45, 7) is 3.88. The van der Waals surface area contributed by atoms with E-state index in [9.17, 15) is 4.79 Å². The molecule has 6 heteroatoms. The molecule has 1 spiro atoms. The molecule has 0 aliphatic carbocycles. The van der Waals surface area contributed by atoms with E-state index < -0.39 is 5.79 Å². The number of amides is 2. The molecule has 1 aromatic carbocycles. The maximum Gasteiger partial charge on any atom is 0.317 e. The highest BCUT2D eigenvalue weighted by molar-refractivity contribution is 5.74. The Morgan fingerprint density at radius 3 is 2.52 bits per heavy atom. The van der Waals surface area contributed by atoms with E-state index in [1.54, 1.807) is 0 Å². The van der Waals surface area contributed by atoms with Crippen molar-refractivity contribution in [2.24, 2.45) is 0 Å². The second kappa shape index (κ2) is 7.32. The fourth-order valence-electron chi connectivity index (χ4n) is 3.85. The summed E-state index contributed by atoms with van der Waals surface area (Å²) in [5.41, 5.74) is 2.71. The van der Waals surface area contributed by atoms with Gasteiger partial charge in [0.25, 0.3) is 0 Å². The Bertz CT molecular complexity index is 588. The van der Waals surface area contributed by atoms with E-state index in [4.69, 9.17) is 14.2 Å². The average Bonchev–Trinajstić information content (AvgIpc) is 2.90. The van der Waals surface area contributed by atoms with Gasteiger partial charge < -0.3 is 24.4 Å². The van der Waals surface area contributed by atoms with E-state index in [-0.39, 0.29) is 12.1 Å². The Labute approximate surface area is 148 Å². The zero-order valence-corrected chi connectivity index (χ0v) is 14.5. The van der Waals surface area contributed by atoms with E-state index in [1.165, 1.54) is 11.1 Å². The number of ether oxygens (including phenoxy) is 3. The van der Waals surface area contributed by atoms with Gasteiger partial charge in [0.15, 0.2) is 5.79 Å². The smallest absolute Gasteiger partial charge is 0.317 e. The van der Waals surface area contributed by atoms with Crippen molar-refractivity contribution in [1.82, 2.24) is 10.2 Å². The van der Waals surface area contributed by atoms with Gasteiger partial charge in [-0.3, -0.25) is 0 Å². The largest absolute Gasteiger partial charge is 0.381 e. The Balaban J connectivity index is 1.26. The zero-order chi connectivity index (χ0) is 17.1. The van der Waals surface area contributed by atoms with Crippen LogP contribution < -0.4 is 5.32 Å². The third-order valence-corrected chi connectivity index (χ3v) is 5.36. The van der Waals surface area contributed by atoms with Crippen LogP contribution in [0.15, 0.2) is 24.3 Å². The van der Waals surface area contributed by atoms with E-state index in [0.29, 0.717) is 26.4 Å². The third kappa shape index (κ3) is 3.81. The Hall–Kier alpha value is -1.63. The normalized spacial score (nSPS) is 25.4. The van der Waals surface area contributed by atoms with Crippen LogP contribution in [0.3, 0.4) is 0 Å². The molecular formula is C19H26N2O4. The van der Waals surface area contributed by atoms with Gasteiger partial charge in [-0.1, -0.05) is 24.3 Å². The quantitative estimate of drug-likeness (QED) is 0.886. The van der Waals surface area contributed by atoms with Crippen LogP contribution in [-0.4, -0.2) is 62.3 Å². The van der Waals surface area contributed by atoms with Gasteiger partial charge in [-0.15, -0.1) is 0 Å². The van der Waals surface area contributed by atoms with E-state index >= 15 is 0 Å². The van der Waals surface area contributed by atoms with E-state index in [2.05, 4.69) is 29.6 Å². The molecule has 1 aromatic rings. The topological polar surface area (TPSA) is 60.0 Å². The molecule has 4 rings (SSSR count). The van der Waals surface area contributed by atoms with Gasteiger partial charge in [0.2, 0.25) is 0 Å². The molecule has 3 aliphatic rings. The molecule has 25 heavy (non-hydrogen) atoms. The van der Waals surface area contributed by atoms with E-state index in [0.717, 1.165) is 38.8 Å². The zero-order valence-electron chi connectivity index (χ0n) is 14.5. The first-order chi connectivity index (χ1) is 12.2. The molecule has 6 nitrogen and oxygen atoms in total. The SMILES string of the molecule is O=C(NC[C@H]1COC2(CCOCC2)O1)N1CCc2ccccc2CC1. The third-order valence-electron chi connectivity index (χ3n) is 5.36. The van der Waals surface area contributed by atoms with Crippen molar-refractivity contribution in [2.45, 2.75) is 37.6 Å². The number of nitrogens with zero attached hydrogens (tertiary/aromatic N) is 1.